The predicted octanol–water partition coefficient (Wildman–Crippen LogP) is 2.54. The third-order valence-corrected chi connectivity index (χ3v) is 3.37. The average molecular weight is 261 g/mol. The number of aromatic nitrogens is 2. The molecular weight excluding hydrogens is 238 g/mol. The topological polar surface area (TPSA) is 76.2 Å². The molecule has 0 spiro atoms. The Hall–Kier alpha value is -1.65. The van der Waals surface area contributed by atoms with Crippen LogP contribution in [0.15, 0.2) is 11.1 Å². The fourth-order valence-electron chi connectivity index (χ4n) is 2.51. The van der Waals surface area contributed by atoms with Gasteiger partial charge in [-0.05, 0) is 32.8 Å². The van der Waals surface area contributed by atoms with Crippen molar-refractivity contribution >= 4 is 11.9 Å². The smallest absolute Gasteiger partial charge is 0.229 e. The molecule has 19 heavy (non-hydrogen) atoms. The fourth-order valence-corrected chi connectivity index (χ4v) is 2.51. The van der Waals surface area contributed by atoms with E-state index < -0.39 is 0 Å². The summed E-state index contributed by atoms with van der Waals surface area (Å²) >= 11 is 0. The minimum Gasteiger partial charge on any atom is -0.370 e. The van der Waals surface area contributed by atoms with E-state index >= 15 is 0 Å². The third kappa shape index (κ3) is 4.50. The molecule has 5 heteroatoms. The highest BCUT2D eigenvalue weighted by Crippen LogP contribution is 2.19. The lowest BCUT2D eigenvalue weighted by Crippen LogP contribution is -2.26. The van der Waals surface area contributed by atoms with E-state index in [1.165, 1.54) is 25.7 Å². The molecule has 0 unspecified atom stereocenters. The molecule has 1 aliphatic carbocycles. The second-order valence-electron chi connectivity index (χ2n) is 5.26. The maximum Gasteiger partial charge on any atom is 0.229 e. The molecule has 0 amide bonds. The van der Waals surface area contributed by atoms with Gasteiger partial charge in [0.05, 0.1) is 6.04 Å². The zero-order valence-electron chi connectivity index (χ0n) is 11.8. The van der Waals surface area contributed by atoms with Gasteiger partial charge in [-0.1, -0.05) is 25.7 Å². The second kappa shape index (κ2) is 6.50. The summed E-state index contributed by atoms with van der Waals surface area (Å²) in [6.07, 6.45) is 7.41. The molecule has 0 radical (unpaired) electrons. The molecule has 1 aromatic heterocycles. The molecule has 1 aromatic rings. The van der Waals surface area contributed by atoms with Gasteiger partial charge in [0.2, 0.25) is 5.95 Å². The van der Waals surface area contributed by atoms with Gasteiger partial charge in [-0.2, -0.15) is 0 Å². The summed E-state index contributed by atoms with van der Waals surface area (Å²) in [7, 11) is 0. The van der Waals surface area contributed by atoms with Crippen LogP contribution in [0.25, 0.3) is 0 Å². The van der Waals surface area contributed by atoms with E-state index in [-0.39, 0.29) is 0 Å². The van der Waals surface area contributed by atoms with E-state index in [4.69, 9.17) is 5.73 Å². The van der Waals surface area contributed by atoms with Crippen LogP contribution in [0.4, 0.5) is 5.95 Å². The molecule has 1 fully saturated rings. The van der Waals surface area contributed by atoms with Crippen molar-refractivity contribution in [2.45, 2.75) is 58.4 Å². The Morgan fingerprint density at radius 2 is 1.74 bits per heavy atom. The number of anilines is 1. The SMILES string of the molecule is Cc1cc(C)nc(NC(N)=NC2CCCCCC2)n1. The van der Waals surface area contributed by atoms with Crippen LogP contribution in [0, 0.1) is 13.8 Å². The maximum absolute atomic E-state index is 5.95. The molecule has 1 saturated carbocycles. The number of nitrogens with zero attached hydrogens (tertiary/aromatic N) is 3. The van der Waals surface area contributed by atoms with Crippen LogP contribution in [-0.4, -0.2) is 22.0 Å². The molecule has 0 atom stereocenters. The molecule has 104 valence electrons. The van der Waals surface area contributed by atoms with E-state index in [9.17, 15) is 0 Å². The highest BCUT2D eigenvalue weighted by molar-refractivity contribution is 5.90. The van der Waals surface area contributed by atoms with E-state index in [0.29, 0.717) is 17.9 Å². The molecule has 0 saturated heterocycles. The standard InChI is InChI=1S/C14H23N5/c1-10-9-11(2)17-14(16-10)19-13(15)18-12-7-5-3-4-6-8-12/h9,12H,3-8H2,1-2H3,(H3,15,16,17,18,19). The van der Waals surface area contributed by atoms with Gasteiger partial charge >= 0.3 is 0 Å². The number of hydrogen-bond acceptors (Lipinski definition) is 3. The minimum atomic E-state index is 0.348. The Bertz CT molecular complexity index is 427. The number of nitrogens with two attached hydrogens (primary N) is 1. The van der Waals surface area contributed by atoms with Crippen molar-refractivity contribution in [2.75, 3.05) is 5.32 Å². The Kier molecular flexibility index (Phi) is 4.71. The summed E-state index contributed by atoms with van der Waals surface area (Å²) < 4.78 is 0. The fraction of sp³-hybridized carbons (Fsp3) is 0.643. The van der Waals surface area contributed by atoms with Gasteiger partial charge in [0.25, 0.3) is 0 Å². The van der Waals surface area contributed by atoms with Crippen molar-refractivity contribution in [3.63, 3.8) is 0 Å². The first-order valence-corrected chi connectivity index (χ1v) is 7.06. The molecule has 1 aliphatic rings. The highest BCUT2D eigenvalue weighted by Gasteiger charge is 2.11. The molecule has 1 heterocycles. The first-order valence-electron chi connectivity index (χ1n) is 7.06. The van der Waals surface area contributed by atoms with Crippen molar-refractivity contribution in [3.8, 4) is 0 Å². The molecule has 0 aromatic carbocycles. The summed E-state index contributed by atoms with van der Waals surface area (Å²) in [6.45, 7) is 3.89. The summed E-state index contributed by atoms with van der Waals surface area (Å²) in [6, 6.07) is 2.28. The van der Waals surface area contributed by atoms with Gasteiger partial charge in [-0.15, -0.1) is 0 Å². The summed E-state index contributed by atoms with van der Waals surface area (Å²) in [4.78, 5) is 13.2. The lowest BCUT2D eigenvalue weighted by atomic mass is 10.1. The number of nitrogens with one attached hydrogen (secondary N) is 1. The number of guanidine groups is 1. The van der Waals surface area contributed by atoms with Crippen LogP contribution < -0.4 is 11.1 Å². The third-order valence-electron chi connectivity index (χ3n) is 3.37. The van der Waals surface area contributed by atoms with Crippen molar-refractivity contribution in [1.29, 1.82) is 0 Å². The lowest BCUT2D eigenvalue weighted by molar-refractivity contribution is 0.585. The Morgan fingerprint density at radius 1 is 1.16 bits per heavy atom. The largest absolute Gasteiger partial charge is 0.370 e. The van der Waals surface area contributed by atoms with Gasteiger partial charge in [0.1, 0.15) is 0 Å². The summed E-state index contributed by atoms with van der Waals surface area (Å²) in [5.41, 5.74) is 7.80. The average Bonchev–Trinajstić information content (AvgIpc) is 2.55. The number of aryl methyl sites for hydroxylation is 2. The van der Waals surface area contributed by atoms with Gasteiger partial charge in [0.15, 0.2) is 5.96 Å². The van der Waals surface area contributed by atoms with Crippen molar-refractivity contribution in [2.24, 2.45) is 10.7 Å². The molecule has 2 rings (SSSR count). The second-order valence-corrected chi connectivity index (χ2v) is 5.26. The predicted molar refractivity (Wildman–Crippen MR) is 78.2 cm³/mol. The van der Waals surface area contributed by atoms with Crippen LogP contribution in [0.2, 0.25) is 0 Å². The van der Waals surface area contributed by atoms with Gasteiger partial charge in [-0.3, -0.25) is 5.32 Å². The molecule has 0 aliphatic heterocycles. The first-order chi connectivity index (χ1) is 9.13. The van der Waals surface area contributed by atoms with E-state index in [1.807, 2.05) is 19.9 Å². The molecule has 3 N–H and O–H groups in total. The van der Waals surface area contributed by atoms with Crippen LogP contribution in [0.1, 0.15) is 49.9 Å². The Morgan fingerprint density at radius 3 is 2.32 bits per heavy atom. The first kappa shape index (κ1) is 13.8. The van der Waals surface area contributed by atoms with Crippen molar-refractivity contribution < 1.29 is 0 Å². The van der Waals surface area contributed by atoms with Gasteiger partial charge in [0, 0.05) is 11.4 Å². The lowest BCUT2D eigenvalue weighted by Gasteiger charge is -2.11. The van der Waals surface area contributed by atoms with Gasteiger partial charge in [-0.25, -0.2) is 15.0 Å². The van der Waals surface area contributed by atoms with Crippen LogP contribution in [0.5, 0.6) is 0 Å². The van der Waals surface area contributed by atoms with E-state index in [1.54, 1.807) is 0 Å². The summed E-state index contributed by atoms with van der Waals surface area (Å²) in [5, 5.41) is 3.00. The van der Waals surface area contributed by atoms with E-state index in [2.05, 4.69) is 20.3 Å². The monoisotopic (exact) mass is 261 g/mol. The highest BCUT2D eigenvalue weighted by atomic mass is 15.2. The number of rotatable bonds is 2. The Balaban J connectivity index is 2.00. The quantitative estimate of drug-likeness (QED) is 0.487. The summed E-state index contributed by atoms with van der Waals surface area (Å²) in [5.74, 6) is 0.962. The number of aliphatic imine (C=N–C) groups is 1. The molecule has 0 bridgehead atoms. The molecular formula is C14H23N5. The van der Waals surface area contributed by atoms with Crippen molar-refractivity contribution in [1.82, 2.24) is 9.97 Å². The minimum absolute atomic E-state index is 0.348. The van der Waals surface area contributed by atoms with Gasteiger partial charge < -0.3 is 5.73 Å². The normalized spacial score (nSPS) is 18.1. The van der Waals surface area contributed by atoms with Crippen LogP contribution >= 0.6 is 0 Å². The molecule has 5 nitrogen and oxygen atoms in total. The number of hydrogen-bond donors (Lipinski definition) is 2. The van der Waals surface area contributed by atoms with Crippen LogP contribution in [-0.2, 0) is 0 Å². The van der Waals surface area contributed by atoms with Crippen LogP contribution in [0.3, 0.4) is 0 Å². The van der Waals surface area contributed by atoms with Crippen molar-refractivity contribution in [3.05, 3.63) is 17.5 Å². The zero-order chi connectivity index (χ0) is 13.7. The van der Waals surface area contributed by atoms with E-state index in [0.717, 1.165) is 24.2 Å². The Labute approximate surface area is 114 Å². The zero-order valence-corrected chi connectivity index (χ0v) is 11.8. The maximum atomic E-state index is 5.95.